The fourth-order valence-electron chi connectivity index (χ4n) is 1.68. The molecule has 0 unspecified atom stereocenters. The number of hydrogen-bond donors (Lipinski definition) is 0. The zero-order valence-electron chi connectivity index (χ0n) is 10.1. The first-order chi connectivity index (χ1) is 9.74. The Morgan fingerprint density at radius 1 is 0.900 bits per heavy atom. The van der Waals surface area contributed by atoms with Crippen LogP contribution in [-0.4, -0.2) is 15.0 Å². The van der Waals surface area contributed by atoms with Gasteiger partial charge in [0.05, 0.1) is 5.56 Å². The highest BCUT2D eigenvalue weighted by Crippen LogP contribution is 2.11. The fourth-order valence-corrected chi connectivity index (χ4v) is 1.68. The molecular formula is C15H7F2N3. The molecule has 0 aliphatic heterocycles. The maximum atomic E-state index is 13.4. The number of halogens is 2. The van der Waals surface area contributed by atoms with Crippen LogP contribution in [0.4, 0.5) is 8.78 Å². The van der Waals surface area contributed by atoms with E-state index in [-0.39, 0.29) is 5.56 Å². The summed E-state index contributed by atoms with van der Waals surface area (Å²) in [6, 6.07) is 5.29. The van der Waals surface area contributed by atoms with E-state index < -0.39 is 11.6 Å². The molecule has 1 aromatic carbocycles. The molecule has 2 heterocycles. The molecule has 3 rings (SSSR count). The normalized spacial score (nSPS) is 10.1. The van der Waals surface area contributed by atoms with Gasteiger partial charge in [-0.05, 0) is 18.2 Å². The van der Waals surface area contributed by atoms with Crippen molar-refractivity contribution >= 4 is 11.2 Å². The summed E-state index contributed by atoms with van der Waals surface area (Å²) in [6.07, 6.45) is 4.57. The third kappa shape index (κ3) is 2.31. The molecule has 0 aliphatic carbocycles. The molecule has 0 aliphatic rings. The number of fused-ring (bicyclic) bond motifs is 1. The summed E-state index contributed by atoms with van der Waals surface area (Å²) in [5.74, 6) is 3.77. The number of aromatic nitrogens is 3. The van der Waals surface area contributed by atoms with E-state index in [1.54, 1.807) is 6.07 Å². The second kappa shape index (κ2) is 5.02. The molecule has 2 aromatic heterocycles. The molecule has 0 spiro atoms. The highest BCUT2D eigenvalue weighted by Gasteiger charge is 2.04. The Morgan fingerprint density at radius 3 is 2.45 bits per heavy atom. The van der Waals surface area contributed by atoms with Gasteiger partial charge in [0.1, 0.15) is 17.2 Å². The van der Waals surface area contributed by atoms with Crippen LogP contribution in [0.1, 0.15) is 11.1 Å². The molecule has 20 heavy (non-hydrogen) atoms. The lowest BCUT2D eigenvalue weighted by molar-refractivity contribution is 0.577. The highest BCUT2D eigenvalue weighted by molar-refractivity contribution is 5.70. The van der Waals surface area contributed by atoms with Crippen LogP contribution in [-0.2, 0) is 0 Å². The summed E-state index contributed by atoms with van der Waals surface area (Å²) in [7, 11) is 0. The first kappa shape index (κ1) is 12.2. The number of benzene rings is 1. The number of pyridine rings is 1. The van der Waals surface area contributed by atoms with Gasteiger partial charge < -0.3 is 0 Å². The first-order valence-electron chi connectivity index (χ1n) is 5.77. The Kier molecular flexibility index (Phi) is 3.05. The van der Waals surface area contributed by atoms with Gasteiger partial charge in [0.15, 0.2) is 5.65 Å². The smallest absolute Gasteiger partial charge is 0.178 e. The largest absolute Gasteiger partial charge is 0.251 e. The molecule has 0 N–H and O–H groups in total. The van der Waals surface area contributed by atoms with E-state index in [4.69, 9.17) is 0 Å². The minimum Gasteiger partial charge on any atom is -0.251 e. The minimum atomic E-state index is -0.689. The molecule has 0 fully saturated rings. The van der Waals surface area contributed by atoms with Crippen LogP contribution in [0.2, 0.25) is 0 Å². The van der Waals surface area contributed by atoms with E-state index in [1.165, 1.54) is 24.7 Å². The number of hydrogen-bond acceptors (Lipinski definition) is 3. The lowest BCUT2D eigenvalue weighted by atomic mass is 10.2. The molecule has 3 aromatic rings. The predicted octanol–water partition coefficient (Wildman–Crippen LogP) is 2.70. The van der Waals surface area contributed by atoms with Crippen LogP contribution in [0.5, 0.6) is 0 Å². The average Bonchev–Trinajstić information content (AvgIpc) is 2.46. The third-order valence-corrected chi connectivity index (χ3v) is 2.62. The standard InChI is InChI=1S/C15H7F2N3/c16-12-2-1-3-13(17)11(12)5-4-10-8-14-15(20-9-10)19-7-6-18-14/h1-3,6-9H. The molecule has 96 valence electrons. The van der Waals surface area contributed by atoms with E-state index in [1.807, 2.05) is 0 Å². The van der Waals surface area contributed by atoms with Crippen molar-refractivity contribution in [1.82, 2.24) is 15.0 Å². The summed E-state index contributed by atoms with van der Waals surface area (Å²) in [5, 5.41) is 0. The molecule has 0 atom stereocenters. The van der Waals surface area contributed by atoms with Gasteiger partial charge in [-0.2, -0.15) is 0 Å². The van der Waals surface area contributed by atoms with Gasteiger partial charge in [-0.3, -0.25) is 4.98 Å². The van der Waals surface area contributed by atoms with Gasteiger partial charge in [0, 0.05) is 24.2 Å². The van der Waals surface area contributed by atoms with E-state index in [0.717, 1.165) is 12.1 Å². The topological polar surface area (TPSA) is 38.7 Å². The van der Waals surface area contributed by atoms with E-state index >= 15 is 0 Å². The third-order valence-electron chi connectivity index (χ3n) is 2.62. The van der Waals surface area contributed by atoms with Crippen LogP contribution in [0, 0.1) is 23.5 Å². The molecule has 0 radical (unpaired) electrons. The average molecular weight is 267 g/mol. The van der Waals surface area contributed by atoms with Gasteiger partial charge in [0.2, 0.25) is 0 Å². The van der Waals surface area contributed by atoms with Crippen molar-refractivity contribution in [3.8, 4) is 11.8 Å². The molecule has 0 saturated carbocycles. The second-order valence-corrected chi connectivity index (χ2v) is 3.97. The van der Waals surface area contributed by atoms with Crippen LogP contribution < -0.4 is 0 Å². The SMILES string of the molecule is Fc1cccc(F)c1C#Cc1cnc2nccnc2c1. The first-order valence-corrected chi connectivity index (χ1v) is 5.77. The summed E-state index contributed by atoms with van der Waals surface area (Å²) >= 11 is 0. The van der Waals surface area contributed by atoms with Gasteiger partial charge in [-0.1, -0.05) is 17.9 Å². The summed E-state index contributed by atoms with van der Waals surface area (Å²) < 4.78 is 26.9. The Hall–Kier alpha value is -2.87. The van der Waals surface area contributed by atoms with Gasteiger partial charge >= 0.3 is 0 Å². The quantitative estimate of drug-likeness (QED) is 0.588. The minimum absolute atomic E-state index is 0.258. The lowest BCUT2D eigenvalue weighted by Crippen LogP contribution is -1.90. The van der Waals surface area contributed by atoms with E-state index in [2.05, 4.69) is 26.8 Å². The summed E-state index contributed by atoms with van der Waals surface area (Å²) in [4.78, 5) is 12.2. The van der Waals surface area contributed by atoms with Gasteiger partial charge in [-0.25, -0.2) is 18.7 Å². The van der Waals surface area contributed by atoms with Gasteiger partial charge in [0.25, 0.3) is 0 Å². The molecular weight excluding hydrogens is 260 g/mol. The zero-order valence-corrected chi connectivity index (χ0v) is 10.1. The molecule has 0 bridgehead atoms. The Morgan fingerprint density at radius 2 is 1.65 bits per heavy atom. The maximum Gasteiger partial charge on any atom is 0.178 e. The second-order valence-electron chi connectivity index (χ2n) is 3.97. The predicted molar refractivity (Wildman–Crippen MR) is 69.7 cm³/mol. The highest BCUT2D eigenvalue weighted by atomic mass is 19.1. The zero-order chi connectivity index (χ0) is 13.9. The van der Waals surface area contributed by atoms with Crippen LogP contribution >= 0.6 is 0 Å². The molecule has 0 amide bonds. The van der Waals surface area contributed by atoms with Crippen LogP contribution in [0.3, 0.4) is 0 Å². The van der Waals surface area contributed by atoms with Crippen LogP contribution in [0.15, 0.2) is 42.9 Å². The molecule has 3 nitrogen and oxygen atoms in total. The Bertz CT molecular complexity index is 830. The van der Waals surface area contributed by atoms with Crippen molar-refractivity contribution in [2.75, 3.05) is 0 Å². The molecule has 5 heteroatoms. The van der Waals surface area contributed by atoms with E-state index in [0.29, 0.717) is 16.7 Å². The van der Waals surface area contributed by atoms with Gasteiger partial charge in [-0.15, -0.1) is 0 Å². The summed E-state index contributed by atoms with van der Waals surface area (Å²) in [5.41, 5.74) is 1.33. The maximum absolute atomic E-state index is 13.4. The van der Waals surface area contributed by atoms with Crippen molar-refractivity contribution in [2.24, 2.45) is 0 Å². The van der Waals surface area contributed by atoms with Crippen molar-refractivity contribution in [3.63, 3.8) is 0 Å². The Labute approximate surface area is 113 Å². The number of rotatable bonds is 0. The number of nitrogens with zero attached hydrogens (tertiary/aromatic N) is 3. The van der Waals surface area contributed by atoms with Crippen molar-refractivity contribution in [2.45, 2.75) is 0 Å². The fraction of sp³-hybridized carbons (Fsp3) is 0. The van der Waals surface area contributed by atoms with Crippen molar-refractivity contribution < 1.29 is 8.78 Å². The Balaban J connectivity index is 2.04. The van der Waals surface area contributed by atoms with Crippen molar-refractivity contribution in [3.05, 3.63) is 65.6 Å². The monoisotopic (exact) mass is 267 g/mol. The van der Waals surface area contributed by atoms with Crippen molar-refractivity contribution in [1.29, 1.82) is 0 Å². The van der Waals surface area contributed by atoms with E-state index in [9.17, 15) is 8.78 Å². The molecule has 0 saturated heterocycles. The van der Waals surface area contributed by atoms with Crippen LogP contribution in [0.25, 0.3) is 11.2 Å². The lowest BCUT2D eigenvalue weighted by Gasteiger charge is -1.96. The summed E-state index contributed by atoms with van der Waals surface area (Å²) in [6.45, 7) is 0.